The molecule has 0 spiro atoms. The van der Waals surface area contributed by atoms with E-state index >= 15 is 0 Å². The number of allylic oxidation sites excluding steroid dienone is 2. The number of hydrogen-bond donors (Lipinski definition) is 0. The van der Waals surface area contributed by atoms with E-state index in [4.69, 9.17) is 0 Å². The van der Waals surface area contributed by atoms with Gasteiger partial charge in [0.1, 0.15) is 0 Å². The standard InChI is InChI=1S/C11H20/c1-5-6-10-8-11(10,4)7-9(2)3/h7,10H,5-6,8H2,1-4H3. The molecule has 0 N–H and O–H groups in total. The summed E-state index contributed by atoms with van der Waals surface area (Å²) in [5.74, 6) is 0.988. The highest BCUT2D eigenvalue weighted by atomic mass is 14.5. The SMILES string of the molecule is CCCC1CC1(C)C=C(C)C. The molecule has 2 unspecified atom stereocenters. The summed E-state index contributed by atoms with van der Waals surface area (Å²) < 4.78 is 0. The van der Waals surface area contributed by atoms with Crippen molar-refractivity contribution in [2.24, 2.45) is 11.3 Å². The molecule has 1 rings (SSSR count). The van der Waals surface area contributed by atoms with Gasteiger partial charge in [0.25, 0.3) is 0 Å². The molecular formula is C11H20. The molecule has 1 aliphatic rings. The largest absolute Gasteiger partial charge is 0.0799 e. The average molecular weight is 152 g/mol. The van der Waals surface area contributed by atoms with Gasteiger partial charge in [-0.15, -0.1) is 0 Å². The van der Waals surface area contributed by atoms with Crippen LogP contribution in [0.15, 0.2) is 11.6 Å². The van der Waals surface area contributed by atoms with Crippen molar-refractivity contribution in [3.63, 3.8) is 0 Å². The molecule has 0 aliphatic heterocycles. The Hall–Kier alpha value is -0.260. The van der Waals surface area contributed by atoms with Crippen LogP contribution in [0.4, 0.5) is 0 Å². The predicted octanol–water partition coefficient (Wildman–Crippen LogP) is 3.78. The molecule has 64 valence electrons. The number of rotatable bonds is 3. The highest BCUT2D eigenvalue weighted by Gasteiger charge is 2.46. The number of hydrogen-bond acceptors (Lipinski definition) is 0. The van der Waals surface area contributed by atoms with E-state index in [1.165, 1.54) is 24.8 Å². The highest BCUT2D eigenvalue weighted by Crippen LogP contribution is 2.56. The van der Waals surface area contributed by atoms with E-state index < -0.39 is 0 Å². The van der Waals surface area contributed by atoms with Crippen molar-refractivity contribution in [2.75, 3.05) is 0 Å². The van der Waals surface area contributed by atoms with E-state index in [1.54, 1.807) is 0 Å². The van der Waals surface area contributed by atoms with Crippen molar-refractivity contribution in [3.05, 3.63) is 11.6 Å². The molecule has 0 saturated heterocycles. The van der Waals surface area contributed by atoms with Gasteiger partial charge >= 0.3 is 0 Å². The lowest BCUT2D eigenvalue weighted by Gasteiger charge is -2.04. The van der Waals surface area contributed by atoms with Crippen molar-refractivity contribution in [3.8, 4) is 0 Å². The van der Waals surface area contributed by atoms with Crippen LogP contribution in [0.2, 0.25) is 0 Å². The maximum absolute atomic E-state index is 2.45. The summed E-state index contributed by atoms with van der Waals surface area (Å²) in [5.41, 5.74) is 2.06. The molecule has 2 atom stereocenters. The molecule has 11 heavy (non-hydrogen) atoms. The molecule has 0 aromatic carbocycles. The molecule has 0 nitrogen and oxygen atoms in total. The first kappa shape index (κ1) is 8.83. The van der Waals surface area contributed by atoms with Crippen LogP contribution in [0.1, 0.15) is 47.0 Å². The van der Waals surface area contributed by atoms with E-state index in [9.17, 15) is 0 Å². The van der Waals surface area contributed by atoms with Gasteiger partial charge in [-0.2, -0.15) is 0 Å². The molecule has 1 fully saturated rings. The summed E-state index contributed by atoms with van der Waals surface area (Å²) >= 11 is 0. The summed E-state index contributed by atoms with van der Waals surface area (Å²) in [7, 11) is 0. The van der Waals surface area contributed by atoms with Crippen molar-refractivity contribution in [1.82, 2.24) is 0 Å². The normalized spacial score (nSPS) is 35.1. The quantitative estimate of drug-likeness (QED) is 0.540. The zero-order valence-electron chi connectivity index (χ0n) is 8.28. The first-order valence-corrected chi connectivity index (χ1v) is 4.74. The van der Waals surface area contributed by atoms with Gasteiger partial charge in [-0.25, -0.2) is 0 Å². The van der Waals surface area contributed by atoms with Crippen LogP contribution in [0.5, 0.6) is 0 Å². The minimum Gasteiger partial charge on any atom is -0.0799 e. The van der Waals surface area contributed by atoms with E-state index in [0.29, 0.717) is 5.41 Å². The Kier molecular flexibility index (Phi) is 2.41. The van der Waals surface area contributed by atoms with Gasteiger partial charge in [-0.3, -0.25) is 0 Å². The molecular weight excluding hydrogens is 132 g/mol. The van der Waals surface area contributed by atoms with Gasteiger partial charge in [0.05, 0.1) is 0 Å². The van der Waals surface area contributed by atoms with E-state index in [1.807, 2.05) is 0 Å². The van der Waals surface area contributed by atoms with Gasteiger partial charge in [0.2, 0.25) is 0 Å². The topological polar surface area (TPSA) is 0 Å². The third-order valence-corrected chi connectivity index (χ3v) is 2.71. The summed E-state index contributed by atoms with van der Waals surface area (Å²) in [6, 6.07) is 0. The Balaban J connectivity index is 2.43. The molecule has 0 heteroatoms. The second kappa shape index (κ2) is 3.00. The van der Waals surface area contributed by atoms with E-state index in [2.05, 4.69) is 33.8 Å². The monoisotopic (exact) mass is 152 g/mol. The molecule has 0 aromatic rings. The lowest BCUT2D eigenvalue weighted by molar-refractivity contribution is 0.576. The second-order valence-corrected chi connectivity index (χ2v) is 4.42. The van der Waals surface area contributed by atoms with Crippen LogP contribution in [0.25, 0.3) is 0 Å². The van der Waals surface area contributed by atoms with Crippen LogP contribution < -0.4 is 0 Å². The molecule has 0 radical (unpaired) electrons. The Bertz CT molecular complexity index is 163. The van der Waals surface area contributed by atoms with Gasteiger partial charge in [0, 0.05) is 0 Å². The van der Waals surface area contributed by atoms with E-state index in [0.717, 1.165) is 5.92 Å². The molecule has 0 heterocycles. The van der Waals surface area contributed by atoms with Gasteiger partial charge < -0.3 is 0 Å². The Morgan fingerprint density at radius 3 is 2.64 bits per heavy atom. The molecule has 0 bridgehead atoms. The van der Waals surface area contributed by atoms with Crippen molar-refractivity contribution >= 4 is 0 Å². The average Bonchev–Trinajstić information content (AvgIpc) is 2.40. The van der Waals surface area contributed by atoms with Crippen LogP contribution in [-0.2, 0) is 0 Å². The fourth-order valence-electron chi connectivity index (χ4n) is 2.09. The summed E-state index contributed by atoms with van der Waals surface area (Å²) in [6.45, 7) is 9.07. The molecule has 0 amide bonds. The molecule has 0 aromatic heterocycles. The zero-order valence-corrected chi connectivity index (χ0v) is 8.28. The minimum absolute atomic E-state index is 0.578. The zero-order chi connectivity index (χ0) is 8.48. The maximum atomic E-state index is 2.45. The molecule has 1 saturated carbocycles. The summed E-state index contributed by atoms with van der Waals surface area (Å²) in [6.07, 6.45) is 6.64. The first-order valence-electron chi connectivity index (χ1n) is 4.74. The third kappa shape index (κ3) is 2.08. The fraction of sp³-hybridized carbons (Fsp3) is 0.818. The summed E-state index contributed by atoms with van der Waals surface area (Å²) in [4.78, 5) is 0. The van der Waals surface area contributed by atoms with Crippen molar-refractivity contribution < 1.29 is 0 Å². The van der Waals surface area contributed by atoms with Gasteiger partial charge in [0.15, 0.2) is 0 Å². The summed E-state index contributed by atoms with van der Waals surface area (Å²) in [5, 5.41) is 0. The highest BCUT2D eigenvalue weighted by molar-refractivity contribution is 5.15. The minimum atomic E-state index is 0.578. The van der Waals surface area contributed by atoms with Gasteiger partial charge in [-0.1, -0.05) is 31.9 Å². The van der Waals surface area contributed by atoms with Crippen molar-refractivity contribution in [1.29, 1.82) is 0 Å². The van der Waals surface area contributed by atoms with Crippen LogP contribution >= 0.6 is 0 Å². The predicted molar refractivity (Wildman–Crippen MR) is 50.6 cm³/mol. The Morgan fingerprint density at radius 2 is 2.18 bits per heavy atom. The van der Waals surface area contributed by atoms with Crippen molar-refractivity contribution in [2.45, 2.75) is 47.0 Å². The molecule has 1 aliphatic carbocycles. The lowest BCUT2D eigenvalue weighted by atomic mass is 10.0. The Morgan fingerprint density at radius 1 is 1.55 bits per heavy atom. The van der Waals surface area contributed by atoms with Gasteiger partial charge in [-0.05, 0) is 38.0 Å². The van der Waals surface area contributed by atoms with Crippen LogP contribution in [0.3, 0.4) is 0 Å². The third-order valence-electron chi connectivity index (χ3n) is 2.71. The van der Waals surface area contributed by atoms with E-state index in [-0.39, 0.29) is 0 Å². The van der Waals surface area contributed by atoms with Crippen LogP contribution in [0, 0.1) is 11.3 Å². The Labute approximate surface area is 70.7 Å². The maximum Gasteiger partial charge on any atom is -0.0113 e. The fourth-order valence-corrected chi connectivity index (χ4v) is 2.09. The second-order valence-electron chi connectivity index (χ2n) is 4.42. The lowest BCUT2D eigenvalue weighted by Crippen LogP contribution is -1.93. The smallest absolute Gasteiger partial charge is 0.0113 e. The first-order chi connectivity index (χ1) is 5.08. The van der Waals surface area contributed by atoms with Crippen LogP contribution in [-0.4, -0.2) is 0 Å².